The fourth-order valence-corrected chi connectivity index (χ4v) is 4.49. The second kappa shape index (κ2) is 5.42. The molecule has 7 heteroatoms. The summed E-state index contributed by atoms with van der Waals surface area (Å²) < 4.78 is 4.71. The molecule has 1 aliphatic carbocycles. The van der Waals surface area contributed by atoms with Gasteiger partial charge in [0.25, 0.3) is 0 Å². The van der Waals surface area contributed by atoms with Crippen LogP contribution in [0.1, 0.15) is 18.9 Å². The van der Waals surface area contributed by atoms with Gasteiger partial charge >= 0.3 is 5.69 Å². The van der Waals surface area contributed by atoms with Gasteiger partial charge in [0, 0.05) is 25.3 Å². The molecular weight excluding hydrogens is 334 g/mol. The molecule has 25 heavy (non-hydrogen) atoms. The molecule has 5 rings (SSSR count). The summed E-state index contributed by atoms with van der Waals surface area (Å²) >= 11 is 1.67. The fourth-order valence-electron chi connectivity index (χ4n) is 3.55. The molecule has 3 aromatic heterocycles. The molecular formula is C18H17N5OS. The SMILES string of the molecule is Cn1c(=O)n([C@H]2C[C@@H](Nc3nc4ccccc4s3)C2)c2ncccc21. The standard InChI is InChI=1S/C18H17N5OS/c1-22-14-6-4-8-19-16(14)23(18(22)24)12-9-11(10-12)20-17-21-13-5-2-3-7-15(13)25-17/h2-8,11-12H,9-10H2,1H3,(H,20,21)/t11-,12+. The highest BCUT2D eigenvalue weighted by Crippen LogP contribution is 2.36. The van der Waals surface area contributed by atoms with Crippen LogP contribution in [0.25, 0.3) is 21.4 Å². The third-order valence-electron chi connectivity index (χ3n) is 4.95. The van der Waals surface area contributed by atoms with Gasteiger partial charge in [-0.15, -0.1) is 0 Å². The Bertz CT molecular complexity index is 1100. The summed E-state index contributed by atoms with van der Waals surface area (Å²) in [6.45, 7) is 0. The van der Waals surface area contributed by atoms with Crippen LogP contribution in [-0.4, -0.2) is 25.1 Å². The van der Waals surface area contributed by atoms with Crippen LogP contribution in [0.15, 0.2) is 47.4 Å². The van der Waals surface area contributed by atoms with Gasteiger partial charge in [0.1, 0.15) is 0 Å². The van der Waals surface area contributed by atoms with Gasteiger partial charge in [-0.3, -0.25) is 9.13 Å². The molecule has 3 heterocycles. The summed E-state index contributed by atoms with van der Waals surface area (Å²) in [5.41, 5.74) is 2.70. The quantitative estimate of drug-likeness (QED) is 0.616. The van der Waals surface area contributed by atoms with E-state index < -0.39 is 0 Å². The molecule has 1 aromatic carbocycles. The minimum Gasteiger partial charge on any atom is -0.359 e. The van der Waals surface area contributed by atoms with Crippen molar-refractivity contribution in [2.45, 2.75) is 24.9 Å². The number of anilines is 1. The number of para-hydroxylation sites is 1. The summed E-state index contributed by atoms with van der Waals surface area (Å²) in [4.78, 5) is 21.6. The largest absolute Gasteiger partial charge is 0.359 e. The molecule has 0 unspecified atom stereocenters. The number of aromatic nitrogens is 4. The van der Waals surface area contributed by atoms with Crippen molar-refractivity contribution in [3.05, 3.63) is 53.1 Å². The third kappa shape index (κ3) is 2.26. The lowest BCUT2D eigenvalue weighted by molar-refractivity contribution is 0.280. The van der Waals surface area contributed by atoms with Crippen LogP contribution in [0, 0.1) is 0 Å². The van der Waals surface area contributed by atoms with Gasteiger partial charge in [0.15, 0.2) is 10.8 Å². The first-order valence-electron chi connectivity index (χ1n) is 8.35. The Hall–Kier alpha value is -2.67. The molecule has 0 radical (unpaired) electrons. The zero-order valence-corrected chi connectivity index (χ0v) is 14.5. The van der Waals surface area contributed by atoms with E-state index in [0.29, 0.717) is 6.04 Å². The van der Waals surface area contributed by atoms with E-state index >= 15 is 0 Å². The van der Waals surface area contributed by atoms with Gasteiger partial charge in [-0.05, 0) is 37.1 Å². The molecule has 4 aromatic rings. The molecule has 0 saturated heterocycles. The Morgan fingerprint density at radius 3 is 2.88 bits per heavy atom. The van der Waals surface area contributed by atoms with E-state index in [-0.39, 0.29) is 11.7 Å². The van der Waals surface area contributed by atoms with Gasteiger partial charge < -0.3 is 5.32 Å². The van der Waals surface area contributed by atoms with E-state index in [2.05, 4.69) is 21.4 Å². The molecule has 1 fully saturated rings. The number of nitrogens with zero attached hydrogens (tertiary/aromatic N) is 4. The molecule has 0 aliphatic heterocycles. The lowest BCUT2D eigenvalue weighted by atomic mass is 9.86. The maximum absolute atomic E-state index is 12.6. The van der Waals surface area contributed by atoms with Crippen LogP contribution in [0.3, 0.4) is 0 Å². The minimum absolute atomic E-state index is 0.0112. The molecule has 0 amide bonds. The predicted molar refractivity (Wildman–Crippen MR) is 100 cm³/mol. The molecule has 0 bridgehead atoms. The average molecular weight is 351 g/mol. The highest BCUT2D eigenvalue weighted by Gasteiger charge is 2.34. The number of thiazole rings is 1. The zero-order chi connectivity index (χ0) is 17.0. The van der Waals surface area contributed by atoms with Crippen LogP contribution in [0.5, 0.6) is 0 Å². The molecule has 126 valence electrons. The fraction of sp³-hybridized carbons (Fsp3) is 0.278. The number of nitrogens with one attached hydrogen (secondary N) is 1. The highest BCUT2D eigenvalue weighted by atomic mass is 32.1. The Morgan fingerprint density at radius 2 is 2.04 bits per heavy atom. The van der Waals surface area contributed by atoms with Crippen molar-refractivity contribution in [2.24, 2.45) is 7.05 Å². The van der Waals surface area contributed by atoms with E-state index in [0.717, 1.165) is 34.7 Å². The maximum atomic E-state index is 12.6. The van der Waals surface area contributed by atoms with Crippen molar-refractivity contribution in [3.63, 3.8) is 0 Å². The predicted octanol–water partition coefficient (Wildman–Crippen LogP) is 3.16. The lowest BCUT2D eigenvalue weighted by Gasteiger charge is -2.36. The van der Waals surface area contributed by atoms with E-state index in [1.807, 2.05) is 34.9 Å². The van der Waals surface area contributed by atoms with Crippen LogP contribution < -0.4 is 11.0 Å². The average Bonchev–Trinajstić information content (AvgIpc) is 3.11. The van der Waals surface area contributed by atoms with Crippen molar-refractivity contribution < 1.29 is 0 Å². The number of aryl methyl sites for hydroxylation is 1. The first-order chi connectivity index (χ1) is 12.2. The van der Waals surface area contributed by atoms with Crippen molar-refractivity contribution in [1.29, 1.82) is 0 Å². The van der Waals surface area contributed by atoms with Crippen molar-refractivity contribution >= 4 is 37.8 Å². The van der Waals surface area contributed by atoms with Crippen molar-refractivity contribution in [2.75, 3.05) is 5.32 Å². The highest BCUT2D eigenvalue weighted by molar-refractivity contribution is 7.22. The minimum atomic E-state index is 0.0112. The monoisotopic (exact) mass is 351 g/mol. The number of rotatable bonds is 3. The zero-order valence-electron chi connectivity index (χ0n) is 13.7. The van der Waals surface area contributed by atoms with Gasteiger partial charge in [-0.25, -0.2) is 14.8 Å². The Morgan fingerprint density at radius 1 is 1.20 bits per heavy atom. The number of fused-ring (bicyclic) bond motifs is 2. The first-order valence-corrected chi connectivity index (χ1v) is 9.16. The Kier molecular flexibility index (Phi) is 3.18. The normalized spacial score (nSPS) is 20.0. The van der Waals surface area contributed by atoms with Gasteiger partial charge in [-0.1, -0.05) is 23.5 Å². The summed E-state index contributed by atoms with van der Waals surface area (Å²) in [7, 11) is 1.80. The second-order valence-electron chi connectivity index (χ2n) is 6.51. The van der Waals surface area contributed by atoms with E-state index in [1.54, 1.807) is 29.1 Å². The van der Waals surface area contributed by atoms with Crippen LogP contribution in [0.4, 0.5) is 5.13 Å². The number of hydrogen-bond donors (Lipinski definition) is 1. The molecule has 1 aliphatic rings. The Labute approximate surface area is 147 Å². The maximum Gasteiger partial charge on any atom is 0.330 e. The first kappa shape index (κ1) is 14.7. The third-order valence-corrected chi connectivity index (χ3v) is 5.92. The molecule has 1 N–H and O–H groups in total. The summed E-state index contributed by atoms with van der Waals surface area (Å²) in [6.07, 6.45) is 3.56. The number of pyridine rings is 1. The van der Waals surface area contributed by atoms with E-state index in [4.69, 9.17) is 0 Å². The summed E-state index contributed by atoms with van der Waals surface area (Å²) in [5.74, 6) is 0. The topological polar surface area (TPSA) is 64.7 Å². The van der Waals surface area contributed by atoms with Crippen LogP contribution in [0.2, 0.25) is 0 Å². The van der Waals surface area contributed by atoms with Crippen LogP contribution >= 0.6 is 11.3 Å². The number of benzene rings is 1. The van der Waals surface area contributed by atoms with Crippen molar-refractivity contribution in [1.82, 2.24) is 19.1 Å². The Balaban J connectivity index is 1.37. The van der Waals surface area contributed by atoms with Gasteiger partial charge in [0.2, 0.25) is 0 Å². The van der Waals surface area contributed by atoms with Gasteiger partial charge in [-0.2, -0.15) is 0 Å². The van der Waals surface area contributed by atoms with Crippen LogP contribution in [-0.2, 0) is 7.05 Å². The molecule has 1 saturated carbocycles. The smallest absolute Gasteiger partial charge is 0.330 e. The summed E-state index contributed by atoms with van der Waals surface area (Å²) in [5, 5.41) is 4.46. The molecule has 6 nitrogen and oxygen atoms in total. The lowest BCUT2D eigenvalue weighted by Crippen LogP contribution is -2.40. The molecule has 0 atom stereocenters. The second-order valence-corrected chi connectivity index (χ2v) is 7.54. The van der Waals surface area contributed by atoms with E-state index in [1.165, 1.54) is 4.70 Å². The number of imidazole rings is 1. The van der Waals surface area contributed by atoms with Gasteiger partial charge in [0.05, 0.1) is 15.7 Å². The number of hydrogen-bond acceptors (Lipinski definition) is 5. The summed E-state index contributed by atoms with van der Waals surface area (Å²) in [6, 6.07) is 12.5. The van der Waals surface area contributed by atoms with E-state index in [9.17, 15) is 4.79 Å². The molecule has 0 spiro atoms. The van der Waals surface area contributed by atoms with Crippen molar-refractivity contribution in [3.8, 4) is 0 Å².